The third-order valence-electron chi connectivity index (χ3n) is 7.69. The molecule has 0 atom stereocenters. The fraction of sp³-hybridized carbons (Fsp3) is 0. The quantitative estimate of drug-likeness (QED) is 0.0565. The van der Waals surface area contributed by atoms with E-state index >= 15 is 0 Å². The number of benzene rings is 6. The molecule has 0 aliphatic carbocycles. The number of carboxylic acid groups (broad SMARTS) is 1. The lowest BCUT2D eigenvalue weighted by Gasteiger charge is -2.14. The zero-order chi connectivity index (χ0) is 38.3. The minimum Gasteiger partial charge on any atom is -0.507 e. The fourth-order valence-electron chi connectivity index (χ4n) is 5.22. The van der Waals surface area contributed by atoms with E-state index in [1.54, 1.807) is 42.5 Å². The highest BCUT2D eigenvalue weighted by molar-refractivity contribution is 7.93. The largest absolute Gasteiger partial charge is 0.507 e. The van der Waals surface area contributed by atoms with E-state index in [0.29, 0.717) is 32.9 Å². The molecular weight excluding hydrogens is 788 g/mol. The van der Waals surface area contributed by atoms with Gasteiger partial charge in [-0.15, -0.1) is 0 Å². The van der Waals surface area contributed by atoms with Crippen LogP contribution in [-0.4, -0.2) is 51.1 Å². The van der Waals surface area contributed by atoms with Crippen LogP contribution in [0.4, 0.5) is 22.7 Å². The van der Waals surface area contributed by atoms with Crippen molar-refractivity contribution < 1.29 is 44.8 Å². The second-order valence-corrected chi connectivity index (χ2v) is 17.0. The van der Waals surface area contributed by atoms with Gasteiger partial charge in [-0.05, 0) is 113 Å². The molecule has 0 bridgehead atoms. The summed E-state index contributed by atoms with van der Waals surface area (Å²) in [6.07, 6.45) is 0. The Morgan fingerprint density at radius 1 is 0.604 bits per heavy atom. The molecule has 53 heavy (non-hydrogen) atoms. The standard InChI is InChI=1S/C34H25ClN4O10S4/c35-31-11-8-25(17-30(31)33(41)42)39-51(43,44)26-9-5-19-4-6-22(12-20(19)14-26)36-34(50)37-23-7-10-29-21(13-23)15-28(18-32(29)40)52(45,46)38-24-2-1-3-27(16-24)53(47,48)49/h1-18,38-40H,(H,41,42)(H2,36,37,50)(H,47,48,49). The number of aromatic hydroxyl groups is 1. The molecule has 0 aromatic heterocycles. The van der Waals surface area contributed by atoms with Crippen LogP contribution in [0, 0.1) is 0 Å². The molecule has 6 aromatic carbocycles. The minimum absolute atomic E-state index is 0.0150. The van der Waals surface area contributed by atoms with Crippen molar-refractivity contribution in [2.45, 2.75) is 14.7 Å². The van der Waals surface area contributed by atoms with Crippen LogP contribution in [0.25, 0.3) is 21.5 Å². The van der Waals surface area contributed by atoms with Crippen LogP contribution >= 0.6 is 23.8 Å². The maximum Gasteiger partial charge on any atom is 0.337 e. The number of hydrogen-bond donors (Lipinski definition) is 7. The molecule has 0 unspecified atom stereocenters. The molecule has 14 nitrogen and oxygen atoms in total. The van der Waals surface area contributed by atoms with Gasteiger partial charge in [0.15, 0.2) is 5.11 Å². The zero-order valence-electron chi connectivity index (χ0n) is 26.6. The number of aromatic carboxylic acids is 1. The molecule has 0 heterocycles. The minimum atomic E-state index is -4.59. The number of carboxylic acids is 1. The zero-order valence-corrected chi connectivity index (χ0v) is 30.6. The molecule has 272 valence electrons. The maximum absolute atomic E-state index is 13.2. The van der Waals surface area contributed by atoms with Gasteiger partial charge in [-0.3, -0.25) is 14.0 Å². The Morgan fingerprint density at radius 2 is 1.19 bits per heavy atom. The number of anilines is 4. The molecule has 7 N–H and O–H groups in total. The van der Waals surface area contributed by atoms with Gasteiger partial charge in [0.2, 0.25) is 0 Å². The number of thiocarbonyl (C=S) groups is 1. The van der Waals surface area contributed by atoms with Crippen LogP contribution in [0.2, 0.25) is 5.02 Å². The van der Waals surface area contributed by atoms with Crippen molar-refractivity contribution >= 4 is 109 Å². The summed E-state index contributed by atoms with van der Waals surface area (Å²) in [5.74, 6) is -1.65. The van der Waals surface area contributed by atoms with Crippen molar-refractivity contribution in [1.82, 2.24) is 0 Å². The lowest BCUT2D eigenvalue weighted by Crippen LogP contribution is -2.19. The third kappa shape index (κ3) is 8.43. The molecule has 19 heteroatoms. The number of sulfonamides is 2. The first-order valence-corrected chi connectivity index (χ1v) is 20.1. The predicted octanol–water partition coefficient (Wildman–Crippen LogP) is 6.71. The number of rotatable bonds is 10. The van der Waals surface area contributed by atoms with E-state index < -0.39 is 41.0 Å². The lowest BCUT2D eigenvalue weighted by molar-refractivity contribution is 0.0697. The molecule has 0 spiro atoms. The summed E-state index contributed by atoms with van der Waals surface area (Å²) in [6, 6.07) is 24.9. The normalized spacial score (nSPS) is 12.0. The Balaban J connectivity index is 1.19. The summed E-state index contributed by atoms with van der Waals surface area (Å²) in [5, 5.41) is 27.9. The Bertz CT molecular complexity index is 2830. The first-order valence-electron chi connectivity index (χ1n) is 14.9. The molecule has 6 rings (SSSR count). The number of nitrogens with one attached hydrogen (secondary N) is 4. The van der Waals surface area contributed by atoms with Crippen LogP contribution in [0.5, 0.6) is 5.75 Å². The summed E-state index contributed by atoms with van der Waals surface area (Å²) in [6.45, 7) is 0. The van der Waals surface area contributed by atoms with Crippen molar-refractivity contribution in [1.29, 1.82) is 0 Å². The Kier molecular flexibility index (Phi) is 9.94. The van der Waals surface area contributed by atoms with Crippen molar-refractivity contribution in [2.24, 2.45) is 0 Å². The summed E-state index contributed by atoms with van der Waals surface area (Å²) in [7, 11) is -13.0. The Hall–Kier alpha value is -5.50. The van der Waals surface area contributed by atoms with Gasteiger partial charge < -0.3 is 20.8 Å². The predicted molar refractivity (Wildman–Crippen MR) is 206 cm³/mol. The average Bonchev–Trinajstić information content (AvgIpc) is 3.08. The Morgan fingerprint density at radius 3 is 1.87 bits per heavy atom. The van der Waals surface area contributed by atoms with Crippen LogP contribution < -0.4 is 20.1 Å². The average molecular weight is 813 g/mol. The third-order valence-corrected chi connectivity index (χ3v) is 11.8. The molecule has 0 fully saturated rings. The first-order chi connectivity index (χ1) is 24.9. The van der Waals surface area contributed by atoms with Gasteiger partial charge in [-0.2, -0.15) is 8.42 Å². The van der Waals surface area contributed by atoms with Gasteiger partial charge in [-0.1, -0.05) is 29.8 Å². The van der Waals surface area contributed by atoms with Gasteiger partial charge in [0.25, 0.3) is 30.2 Å². The van der Waals surface area contributed by atoms with Gasteiger partial charge in [0.05, 0.1) is 31.0 Å². The number of phenols is 1. The molecule has 0 saturated carbocycles. The van der Waals surface area contributed by atoms with E-state index in [4.69, 9.17) is 23.8 Å². The van der Waals surface area contributed by atoms with Crippen molar-refractivity contribution in [3.05, 3.63) is 120 Å². The highest BCUT2D eigenvalue weighted by atomic mass is 35.5. The van der Waals surface area contributed by atoms with Gasteiger partial charge in [0.1, 0.15) is 5.75 Å². The smallest absolute Gasteiger partial charge is 0.337 e. The van der Waals surface area contributed by atoms with Crippen molar-refractivity contribution in [3.63, 3.8) is 0 Å². The van der Waals surface area contributed by atoms with Crippen LogP contribution in [0.1, 0.15) is 10.4 Å². The summed E-state index contributed by atoms with van der Waals surface area (Å²) in [4.78, 5) is 10.5. The van der Waals surface area contributed by atoms with Crippen molar-refractivity contribution in [3.8, 4) is 5.75 Å². The van der Waals surface area contributed by atoms with E-state index in [0.717, 1.165) is 24.3 Å². The van der Waals surface area contributed by atoms with Crippen molar-refractivity contribution in [2.75, 3.05) is 20.1 Å². The van der Waals surface area contributed by atoms with E-state index in [-0.39, 0.29) is 42.6 Å². The summed E-state index contributed by atoms with van der Waals surface area (Å²) in [5.41, 5.74) is 0.538. The SMILES string of the molecule is O=C(O)c1cc(NS(=O)(=O)c2ccc3ccc(NC(=S)Nc4ccc5c(O)cc(S(=O)(=O)Nc6cccc(S(=O)(=O)O)c6)cc5c4)cc3c2)ccc1Cl. The van der Waals surface area contributed by atoms with Gasteiger partial charge in [-0.25, -0.2) is 21.6 Å². The second-order valence-electron chi connectivity index (χ2n) is 11.4. The summed E-state index contributed by atoms with van der Waals surface area (Å²) >= 11 is 11.4. The van der Waals surface area contributed by atoms with Crippen LogP contribution in [-0.2, 0) is 30.2 Å². The summed E-state index contributed by atoms with van der Waals surface area (Å²) < 4.78 is 89.6. The Labute approximate surface area is 312 Å². The lowest BCUT2D eigenvalue weighted by atomic mass is 10.1. The van der Waals surface area contributed by atoms with E-state index in [2.05, 4.69) is 20.1 Å². The van der Waals surface area contributed by atoms with Crippen LogP contribution in [0.3, 0.4) is 0 Å². The molecule has 0 saturated heterocycles. The first kappa shape index (κ1) is 37.3. The van der Waals surface area contributed by atoms with E-state index in [1.807, 2.05) is 0 Å². The molecule has 0 amide bonds. The number of hydrogen-bond acceptors (Lipinski definition) is 9. The monoisotopic (exact) mass is 812 g/mol. The fourth-order valence-corrected chi connectivity index (χ4v) is 8.37. The molecular formula is C34H25ClN4O10S4. The highest BCUT2D eigenvalue weighted by Crippen LogP contribution is 2.32. The second kappa shape index (κ2) is 14.1. The van der Waals surface area contributed by atoms with E-state index in [9.17, 15) is 44.8 Å². The number of fused-ring (bicyclic) bond motifs is 2. The molecule has 0 aliphatic heterocycles. The van der Waals surface area contributed by atoms with Gasteiger partial charge in [0, 0.05) is 28.5 Å². The highest BCUT2D eigenvalue weighted by Gasteiger charge is 2.20. The van der Waals surface area contributed by atoms with Crippen LogP contribution in [0.15, 0.2) is 124 Å². The number of halogens is 1. The van der Waals surface area contributed by atoms with E-state index in [1.165, 1.54) is 42.5 Å². The molecule has 6 aromatic rings. The maximum atomic E-state index is 13.2. The topological polar surface area (TPSA) is 228 Å². The number of carbonyl (C=O) groups is 1. The molecule has 0 aliphatic rings. The van der Waals surface area contributed by atoms with Gasteiger partial charge >= 0.3 is 5.97 Å². The number of phenolic OH excluding ortho intramolecular Hbond substituents is 1. The molecule has 0 radical (unpaired) electrons.